The molecule has 130 valence electrons. The van der Waals surface area contributed by atoms with Gasteiger partial charge in [0, 0.05) is 45.6 Å². The van der Waals surface area contributed by atoms with E-state index in [9.17, 15) is 9.59 Å². The third-order valence-electron chi connectivity index (χ3n) is 4.01. The zero-order chi connectivity index (χ0) is 17.7. The molecule has 1 aliphatic rings. The van der Waals surface area contributed by atoms with Crippen LogP contribution >= 0.6 is 0 Å². The summed E-state index contributed by atoms with van der Waals surface area (Å²) in [6, 6.07) is 5.58. The molecular formula is C18H24N2O4. The van der Waals surface area contributed by atoms with Gasteiger partial charge in [0.15, 0.2) is 5.78 Å². The van der Waals surface area contributed by atoms with Crippen LogP contribution in [0.5, 0.6) is 0 Å². The predicted molar refractivity (Wildman–Crippen MR) is 91.3 cm³/mol. The fourth-order valence-corrected chi connectivity index (χ4v) is 2.76. The molecule has 1 amide bonds. The number of fused-ring (bicyclic) bond motifs is 1. The predicted octanol–water partition coefficient (Wildman–Crippen LogP) is 2.56. The monoisotopic (exact) mass is 332 g/mol. The van der Waals surface area contributed by atoms with Gasteiger partial charge in [-0.3, -0.25) is 4.79 Å². The number of carboxylic acid groups (broad SMARTS) is 1. The second-order valence-corrected chi connectivity index (χ2v) is 6.14. The fraction of sp³-hybridized carbons (Fsp3) is 0.444. The van der Waals surface area contributed by atoms with Crippen LogP contribution in [0.2, 0.25) is 0 Å². The van der Waals surface area contributed by atoms with E-state index < -0.39 is 6.09 Å². The van der Waals surface area contributed by atoms with Crippen molar-refractivity contribution in [1.82, 2.24) is 9.80 Å². The molecule has 0 aromatic heterocycles. The molecule has 0 fully saturated rings. The SMILES string of the molecule is CN(C)/C=C/C(=O)c1cccc2c1CCCOC2CN(C)C(=O)O. The molecule has 1 aromatic rings. The Morgan fingerprint density at radius 2 is 2.08 bits per heavy atom. The number of rotatable bonds is 5. The van der Waals surface area contributed by atoms with E-state index in [4.69, 9.17) is 9.84 Å². The highest BCUT2D eigenvalue weighted by Gasteiger charge is 2.25. The Balaban J connectivity index is 2.35. The maximum absolute atomic E-state index is 12.5. The first-order chi connectivity index (χ1) is 11.4. The van der Waals surface area contributed by atoms with Gasteiger partial charge in [0.2, 0.25) is 0 Å². The number of nitrogens with zero attached hydrogens (tertiary/aromatic N) is 2. The summed E-state index contributed by atoms with van der Waals surface area (Å²) in [6.45, 7) is 0.793. The molecule has 1 heterocycles. The van der Waals surface area contributed by atoms with Crippen molar-refractivity contribution in [2.24, 2.45) is 0 Å². The van der Waals surface area contributed by atoms with Crippen molar-refractivity contribution >= 4 is 11.9 Å². The Kier molecular flexibility index (Phi) is 5.98. The van der Waals surface area contributed by atoms with E-state index in [-0.39, 0.29) is 18.4 Å². The van der Waals surface area contributed by atoms with Gasteiger partial charge >= 0.3 is 6.09 Å². The Morgan fingerprint density at radius 1 is 1.33 bits per heavy atom. The summed E-state index contributed by atoms with van der Waals surface area (Å²) in [5, 5.41) is 9.10. The Hall–Kier alpha value is -2.34. The lowest BCUT2D eigenvalue weighted by molar-refractivity contribution is 0.0345. The maximum Gasteiger partial charge on any atom is 0.407 e. The first-order valence-electron chi connectivity index (χ1n) is 7.96. The smallest absolute Gasteiger partial charge is 0.407 e. The average Bonchev–Trinajstić information content (AvgIpc) is 2.74. The van der Waals surface area contributed by atoms with Crippen LogP contribution in [0.3, 0.4) is 0 Å². The second-order valence-electron chi connectivity index (χ2n) is 6.14. The van der Waals surface area contributed by atoms with Gasteiger partial charge in [-0.15, -0.1) is 0 Å². The Bertz CT molecular complexity index is 640. The standard InChI is InChI=1S/C18H24N2O4/c1-19(2)10-9-16(21)14-6-4-7-15-13(14)8-5-11-24-17(15)12-20(3)18(22)23/h4,6-7,9-10,17H,5,8,11-12H2,1-3H3,(H,22,23)/b10-9+. The lowest BCUT2D eigenvalue weighted by Gasteiger charge is -2.23. The van der Waals surface area contributed by atoms with E-state index in [0.717, 1.165) is 24.0 Å². The number of ether oxygens (including phenoxy) is 1. The number of amides is 1. The summed E-state index contributed by atoms with van der Waals surface area (Å²) in [7, 11) is 5.24. The molecule has 1 unspecified atom stereocenters. The molecule has 1 atom stereocenters. The summed E-state index contributed by atoms with van der Waals surface area (Å²) < 4.78 is 5.84. The van der Waals surface area contributed by atoms with Crippen LogP contribution in [-0.4, -0.2) is 61.1 Å². The summed E-state index contributed by atoms with van der Waals surface area (Å²) in [5.74, 6) is -0.0483. The van der Waals surface area contributed by atoms with Gasteiger partial charge in [0.05, 0.1) is 6.54 Å². The zero-order valence-corrected chi connectivity index (χ0v) is 14.4. The van der Waals surface area contributed by atoms with E-state index in [1.807, 2.05) is 37.2 Å². The highest BCUT2D eigenvalue weighted by molar-refractivity contribution is 6.05. The molecule has 2 rings (SSSR count). The van der Waals surface area contributed by atoms with Crippen molar-refractivity contribution < 1.29 is 19.4 Å². The molecule has 0 aliphatic carbocycles. The largest absolute Gasteiger partial charge is 0.465 e. The Morgan fingerprint density at radius 3 is 2.75 bits per heavy atom. The van der Waals surface area contributed by atoms with Crippen molar-refractivity contribution in [3.63, 3.8) is 0 Å². The van der Waals surface area contributed by atoms with Crippen LogP contribution in [0.1, 0.15) is 34.0 Å². The third kappa shape index (κ3) is 4.35. The average molecular weight is 332 g/mol. The molecule has 24 heavy (non-hydrogen) atoms. The van der Waals surface area contributed by atoms with Crippen LogP contribution in [0.15, 0.2) is 30.5 Å². The molecule has 1 N–H and O–H groups in total. The second kappa shape index (κ2) is 7.97. The van der Waals surface area contributed by atoms with Crippen molar-refractivity contribution in [2.75, 3.05) is 34.3 Å². The van der Waals surface area contributed by atoms with E-state index >= 15 is 0 Å². The van der Waals surface area contributed by atoms with Gasteiger partial charge in [-0.05, 0) is 24.0 Å². The number of carbonyl (C=O) groups excluding carboxylic acids is 1. The van der Waals surface area contributed by atoms with Gasteiger partial charge in [-0.25, -0.2) is 4.79 Å². The Labute approximate surface area is 142 Å². The summed E-state index contributed by atoms with van der Waals surface area (Å²) >= 11 is 0. The number of carbonyl (C=O) groups is 2. The van der Waals surface area contributed by atoms with Gasteiger partial charge in [-0.1, -0.05) is 18.2 Å². The van der Waals surface area contributed by atoms with Crippen molar-refractivity contribution in [3.05, 3.63) is 47.2 Å². The lowest BCUT2D eigenvalue weighted by atomic mass is 9.92. The summed E-state index contributed by atoms with van der Waals surface area (Å²) in [5.41, 5.74) is 2.54. The van der Waals surface area contributed by atoms with Gasteiger partial charge in [0.25, 0.3) is 0 Å². The summed E-state index contributed by atoms with van der Waals surface area (Å²) in [6.07, 6.45) is 3.49. The number of hydrogen-bond acceptors (Lipinski definition) is 4. The van der Waals surface area contributed by atoms with Crippen LogP contribution < -0.4 is 0 Å². The molecule has 1 aliphatic heterocycles. The van der Waals surface area contributed by atoms with Gasteiger partial charge in [-0.2, -0.15) is 0 Å². The molecule has 6 nitrogen and oxygen atoms in total. The van der Waals surface area contributed by atoms with Crippen molar-refractivity contribution in [1.29, 1.82) is 0 Å². The van der Waals surface area contributed by atoms with Gasteiger partial charge in [0.1, 0.15) is 6.10 Å². The number of benzene rings is 1. The highest BCUT2D eigenvalue weighted by Crippen LogP contribution is 2.30. The fourth-order valence-electron chi connectivity index (χ4n) is 2.76. The van der Waals surface area contributed by atoms with Crippen LogP contribution in [-0.2, 0) is 11.2 Å². The van der Waals surface area contributed by atoms with Crippen LogP contribution in [0.25, 0.3) is 0 Å². The molecule has 0 saturated heterocycles. The molecule has 0 spiro atoms. The third-order valence-corrected chi connectivity index (χ3v) is 4.01. The maximum atomic E-state index is 12.5. The minimum absolute atomic E-state index is 0.0483. The van der Waals surface area contributed by atoms with Crippen molar-refractivity contribution in [2.45, 2.75) is 18.9 Å². The minimum Gasteiger partial charge on any atom is -0.465 e. The topological polar surface area (TPSA) is 70.1 Å². The van der Waals surface area contributed by atoms with Crippen LogP contribution in [0.4, 0.5) is 4.79 Å². The van der Waals surface area contributed by atoms with Crippen molar-refractivity contribution in [3.8, 4) is 0 Å². The number of likely N-dealkylation sites (N-methyl/N-ethyl adjacent to an activating group) is 1. The lowest BCUT2D eigenvalue weighted by Crippen LogP contribution is -2.30. The highest BCUT2D eigenvalue weighted by atomic mass is 16.5. The molecule has 0 bridgehead atoms. The minimum atomic E-state index is -0.995. The molecular weight excluding hydrogens is 308 g/mol. The number of ketones is 1. The first-order valence-corrected chi connectivity index (χ1v) is 7.96. The summed E-state index contributed by atoms with van der Waals surface area (Å²) in [4.78, 5) is 26.6. The quantitative estimate of drug-likeness (QED) is 0.663. The van der Waals surface area contributed by atoms with E-state index in [0.29, 0.717) is 12.2 Å². The number of hydrogen-bond donors (Lipinski definition) is 1. The van der Waals surface area contributed by atoms with Crippen LogP contribution in [0, 0.1) is 0 Å². The normalized spacial score (nSPS) is 17.2. The van der Waals surface area contributed by atoms with E-state index in [2.05, 4.69) is 0 Å². The molecule has 1 aromatic carbocycles. The van der Waals surface area contributed by atoms with Gasteiger partial charge < -0.3 is 19.6 Å². The molecule has 6 heteroatoms. The van der Waals surface area contributed by atoms with E-state index in [1.165, 1.54) is 11.9 Å². The van der Waals surface area contributed by atoms with E-state index in [1.54, 1.807) is 12.3 Å². The first kappa shape index (κ1) is 18.0. The zero-order valence-electron chi connectivity index (χ0n) is 14.4. The molecule has 0 radical (unpaired) electrons. The number of allylic oxidation sites excluding steroid dienone is 1. The molecule has 0 saturated carbocycles.